The van der Waals surface area contributed by atoms with Crippen molar-refractivity contribution in [2.24, 2.45) is 0 Å². The topological polar surface area (TPSA) is 124 Å². The quantitative estimate of drug-likeness (QED) is 0.423. The van der Waals surface area contributed by atoms with Gasteiger partial charge in [0, 0.05) is 62.4 Å². The SMILES string of the molecule is CS(=O)(=O)N1CCN(c2cccc(-c3cc(-c4ccnn4C4CCOCC4)c4c(N)ncnn34)c2)CC1. The predicted molar refractivity (Wildman–Crippen MR) is 142 cm³/mol. The number of benzene rings is 1. The summed E-state index contributed by atoms with van der Waals surface area (Å²) in [6.45, 7) is 3.67. The van der Waals surface area contributed by atoms with Crippen LogP contribution >= 0.6 is 0 Å². The number of anilines is 2. The van der Waals surface area contributed by atoms with E-state index in [2.05, 4.69) is 49.0 Å². The Bertz CT molecular complexity index is 1530. The molecule has 0 amide bonds. The molecular formula is C25H30N8O3S. The number of nitrogen functional groups attached to an aromatic ring is 1. The highest BCUT2D eigenvalue weighted by Crippen LogP contribution is 2.37. The molecule has 6 rings (SSSR count). The van der Waals surface area contributed by atoms with E-state index in [0.29, 0.717) is 32.0 Å². The first-order valence-corrected chi connectivity index (χ1v) is 14.3. The van der Waals surface area contributed by atoms with Gasteiger partial charge in [-0.05, 0) is 37.1 Å². The van der Waals surface area contributed by atoms with Gasteiger partial charge in [0.1, 0.15) is 11.8 Å². The minimum atomic E-state index is -3.18. The average Bonchev–Trinajstić information content (AvgIpc) is 3.55. The highest BCUT2D eigenvalue weighted by atomic mass is 32.2. The zero-order valence-corrected chi connectivity index (χ0v) is 21.5. The molecule has 0 bridgehead atoms. The Hall–Kier alpha value is -3.48. The largest absolute Gasteiger partial charge is 0.382 e. The molecule has 194 valence electrons. The maximum Gasteiger partial charge on any atom is 0.211 e. The predicted octanol–water partition coefficient (Wildman–Crippen LogP) is 2.28. The van der Waals surface area contributed by atoms with E-state index in [0.717, 1.165) is 59.8 Å². The average molecular weight is 523 g/mol. The number of piperazine rings is 1. The van der Waals surface area contributed by atoms with E-state index >= 15 is 0 Å². The number of sulfonamides is 1. The van der Waals surface area contributed by atoms with E-state index < -0.39 is 10.0 Å². The van der Waals surface area contributed by atoms with Crippen LogP contribution < -0.4 is 10.6 Å². The summed E-state index contributed by atoms with van der Waals surface area (Å²) in [6, 6.07) is 12.6. The molecule has 2 saturated heterocycles. The van der Waals surface area contributed by atoms with Crippen LogP contribution in [0.4, 0.5) is 11.5 Å². The molecule has 0 spiro atoms. The summed E-state index contributed by atoms with van der Waals surface area (Å²) in [5, 5.41) is 9.21. The van der Waals surface area contributed by atoms with Crippen molar-refractivity contribution >= 4 is 27.0 Å². The normalized spacial score (nSPS) is 18.0. The number of hydrogen-bond donors (Lipinski definition) is 1. The van der Waals surface area contributed by atoms with Crippen LogP contribution in [0.15, 0.2) is 48.9 Å². The molecule has 0 atom stereocenters. The van der Waals surface area contributed by atoms with Crippen molar-refractivity contribution in [3.05, 3.63) is 48.9 Å². The lowest BCUT2D eigenvalue weighted by Gasteiger charge is -2.34. The number of nitrogens with two attached hydrogens (primary N) is 1. The number of fused-ring (bicyclic) bond motifs is 1. The highest BCUT2D eigenvalue weighted by Gasteiger charge is 2.25. The zero-order valence-electron chi connectivity index (χ0n) is 20.7. The molecular weight excluding hydrogens is 492 g/mol. The van der Waals surface area contributed by atoms with Gasteiger partial charge in [0.15, 0.2) is 5.82 Å². The van der Waals surface area contributed by atoms with Gasteiger partial charge in [-0.3, -0.25) is 4.68 Å². The standard InChI is InChI=1S/C25H30N8O3S/c1-37(34,35)31-11-9-30(10-12-31)20-4-2-3-18(15-20)23-16-21(24-25(26)27-17-29-33(23)24)22-5-8-28-32(22)19-6-13-36-14-7-19/h2-5,8,15-17,19H,6-7,9-14H2,1H3,(H2,26,27,29). The number of aromatic nitrogens is 5. The summed E-state index contributed by atoms with van der Waals surface area (Å²) < 4.78 is 34.8. The molecule has 2 N–H and O–H groups in total. The maximum atomic E-state index is 11.9. The van der Waals surface area contributed by atoms with Crippen LogP contribution in [0.3, 0.4) is 0 Å². The van der Waals surface area contributed by atoms with Gasteiger partial charge in [-0.1, -0.05) is 12.1 Å². The van der Waals surface area contributed by atoms with Gasteiger partial charge in [0.2, 0.25) is 10.0 Å². The van der Waals surface area contributed by atoms with E-state index in [-0.39, 0.29) is 6.04 Å². The van der Waals surface area contributed by atoms with E-state index in [4.69, 9.17) is 10.5 Å². The van der Waals surface area contributed by atoms with Crippen molar-refractivity contribution in [2.45, 2.75) is 18.9 Å². The molecule has 37 heavy (non-hydrogen) atoms. The Kier molecular flexibility index (Phi) is 6.09. The summed E-state index contributed by atoms with van der Waals surface area (Å²) in [5.74, 6) is 0.407. The second-order valence-electron chi connectivity index (χ2n) is 9.55. The molecule has 0 radical (unpaired) electrons. The van der Waals surface area contributed by atoms with Crippen molar-refractivity contribution in [3.8, 4) is 22.5 Å². The third-order valence-electron chi connectivity index (χ3n) is 7.28. The lowest BCUT2D eigenvalue weighted by Crippen LogP contribution is -2.48. The Labute approximate surface area is 215 Å². The molecule has 0 saturated carbocycles. The zero-order chi connectivity index (χ0) is 25.6. The number of ether oxygens (including phenoxy) is 1. The van der Waals surface area contributed by atoms with Crippen LogP contribution in [0.25, 0.3) is 28.0 Å². The maximum absolute atomic E-state index is 11.9. The number of rotatable bonds is 5. The first-order chi connectivity index (χ1) is 17.9. The molecule has 2 aliphatic rings. The first-order valence-electron chi connectivity index (χ1n) is 12.4. The minimum Gasteiger partial charge on any atom is -0.382 e. The molecule has 1 aromatic carbocycles. The fourth-order valence-corrected chi connectivity index (χ4v) is 6.18. The monoisotopic (exact) mass is 522 g/mol. The highest BCUT2D eigenvalue weighted by molar-refractivity contribution is 7.88. The molecule has 12 heteroatoms. The van der Waals surface area contributed by atoms with Crippen molar-refractivity contribution < 1.29 is 13.2 Å². The smallest absolute Gasteiger partial charge is 0.211 e. The number of hydrogen-bond acceptors (Lipinski definition) is 8. The fourth-order valence-electron chi connectivity index (χ4n) is 5.36. The van der Waals surface area contributed by atoms with Gasteiger partial charge >= 0.3 is 0 Å². The second kappa shape index (κ2) is 9.43. The second-order valence-corrected chi connectivity index (χ2v) is 11.5. The molecule has 4 aromatic rings. The van der Waals surface area contributed by atoms with Crippen LogP contribution in [0.1, 0.15) is 18.9 Å². The summed E-state index contributed by atoms with van der Waals surface area (Å²) in [6.07, 6.45) is 6.38. The van der Waals surface area contributed by atoms with E-state index in [1.54, 1.807) is 0 Å². The van der Waals surface area contributed by atoms with Crippen molar-refractivity contribution in [3.63, 3.8) is 0 Å². The van der Waals surface area contributed by atoms with E-state index in [9.17, 15) is 8.42 Å². The van der Waals surface area contributed by atoms with Gasteiger partial charge in [-0.2, -0.15) is 14.5 Å². The third-order valence-corrected chi connectivity index (χ3v) is 8.58. The molecule has 5 heterocycles. The number of nitrogens with zero attached hydrogens (tertiary/aromatic N) is 7. The van der Waals surface area contributed by atoms with Gasteiger partial charge in [-0.15, -0.1) is 0 Å². The van der Waals surface area contributed by atoms with Crippen molar-refractivity contribution in [2.75, 3.05) is 56.3 Å². The van der Waals surface area contributed by atoms with Crippen LogP contribution in [0, 0.1) is 0 Å². The Morgan fingerprint density at radius 1 is 1.00 bits per heavy atom. The van der Waals surface area contributed by atoms with Gasteiger partial charge < -0.3 is 15.4 Å². The van der Waals surface area contributed by atoms with Gasteiger partial charge in [0.25, 0.3) is 0 Å². The van der Waals surface area contributed by atoms with Crippen molar-refractivity contribution in [1.82, 2.24) is 28.7 Å². The third kappa shape index (κ3) is 4.45. The summed E-state index contributed by atoms with van der Waals surface area (Å²) in [4.78, 5) is 6.49. The molecule has 3 aromatic heterocycles. The minimum absolute atomic E-state index is 0.261. The van der Waals surface area contributed by atoms with Crippen LogP contribution in [0.5, 0.6) is 0 Å². The molecule has 11 nitrogen and oxygen atoms in total. The first kappa shape index (κ1) is 23.9. The molecule has 2 aliphatic heterocycles. The molecule has 2 fully saturated rings. The fraction of sp³-hybridized carbons (Fsp3) is 0.400. The van der Waals surface area contributed by atoms with Crippen LogP contribution in [0.2, 0.25) is 0 Å². The summed E-state index contributed by atoms with van der Waals surface area (Å²) in [5.41, 5.74) is 12.0. The molecule has 0 unspecified atom stereocenters. The van der Waals surface area contributed by atoms with E-state index in [1.807, 2.05) is 22.8 Å². The Morgan fingerprint density at radius 3 is 2.54 bits per heavy atom. The van der Waals surface area contributed by atoms with Crippen LogP contribution in [-0.4, -0.2) is 82.8 Å². The van der Waals surface area contributed by atoms with Gasteiger partial charge in [0.05, 0.1) is 23.7 Å². The van der Waals surface area contributed by atoms with Crippen molar-refractivity contribution in [1.29, 1.82) is 0 Å². The Balaban J connectivity index is 1.39. The van der Waals surface area contributed by atoms with E-state index in [1.165, 1.54) is 16.9 Å². The lowest BCUT2D eigenvalue weighted by molar-refractivity contribution is 0.0667. The van der Waals surface area contributed by atoms with Crippen LogP contribution in [-0.2, 0) is 14.8 Å². The van der Waals surface area contributed by atoms with Gasteiger partial charge in [-0.25, -0.2) is 17.9 Å². The lowest BCUT2D eigenvalue weighted by atomic mass is 10.1. The Morgan fingerprint density at radius 2 is 1.78 bits per heavy atom. The molecule has 0 aliphatic carbocycles. The summed E-state index contributed by atoms with van der Waals surface area (Å²) >= 11 is 0. The summed E-state index contributed by atoms with van der Waals surface area (Å²) in [7, 11) is -3.18.